The van der Waals surface area contributed by atoms with Crippen molar-refractivity contribution in [1.82, 2.24) is 0 Å². The third-order valence-electron chi connectivity index (χ3n) is 4.41. The lowest BCUT2D eigenvalue weighted by Crippen LogP contribution is -2.34. The summed E-state index contributed by atoms with van der Waals surface area (Å²) in [6.07, 6.45) is 0.769. The monoisotopic (exact) mass is 343 g/mol. The number of rotatable bonds is 4. The van der Waals surface area contributed by atoms with E-state index in [-0.39, 0.29) is 10.8 Å². The Kier molecular flexibility index (Phi) is 4.45. The number of amides is 1. The van der Waals surface area contributed by atoms with E-state index in [4.69, 9.17) is 0 Å². The summed E-state index contributed by atoms with van der Waals surface area (Å²) in [5.41, 5.74) is 2.99. The van der Waals surface area contributed by atoms with Crippen molar-refractivity contribution in [1.29, 1.82) is 0 Å². The van der Waals surface area contributed by atoms with Gasteiger partial charge in [0.25, 0.3) is 0 Å². The molecule has 1 aliphatic rings. The van der Waals surface area contributed by atoms with Crippen molar-refractivity contribution in [3.05, 3.63) is 59.7 Å². The van der Waals surface area contributed by atoms with Crippen LogP contribution in [-0.2, 0) is 21.1 Å². The number of para-hydroxylation sites is 1. The molecule has 126 valence electrons. The first-order valence-electron chi connectivity index (χ1n) is 8.09. The molecule has 2 aromatic carbocycles. The lowest BCUT2D eigenvalue weighted by Gasteiger charge is -2.17. The number of fused-ring (bicyclic) bond motifs is 1. The molecule has 1 amide bonds. The summed E-state index contributed by atoms with van der Waals surface area (Å²) < 4.78 is 25.1. The molecule has 0 saturated carbocycles. The number of hydrogen-bond acceptors (Lipinski definition) is 3. The highest BCUT2D eigenvalue weighted by atomic mass is 32.2. The van der Waals surface area contributed by atoms with Gasteiger partial charge >= 0.3 is 0 Å². The molecule has 0 N–H and O–H groups in total. The van der Waals surface area contributed by atoms with Gasteiger partial charge in [0.1, 0.15) is 5.75 Å². The molecule has 0 radical (unpaired) electrons. The normalized spacial score (nSPS) is 14.0. The minimum absolute atomic E-state index is 0.202. The first-order chi connectivity index (χ1) is 11.4. The van der Waals surface area contributed by atoms with Crippen molar-refractivity contribution >= 4 is 21.4 Å². The van der Waals surface area contributed by atoms with E-state index < -0.39 is 15.6 Å². The zero-order valence-corrected chi connectivity index (χ0v) is 14.7. The zero-order chi connectivity index (χ0) is 17.3. The first kappa shape index (κ1) is 16.7. The van der Waals surface area contributed by atoms with Crippen LogP contribution in [0.15, 0.2) is 53.4 Å². The van der Waals surface area contributed by atoms with Crippen LogP contribution in [0.4, 0.5) is 5.69 Å². The van der Waals surface area contributed by atoms with Crippen LogP contribution in [0, 0.1) is 0 Å². The molecule has 0 bridgehead atoms. The number of carbonyl (C=O) groups excluding carboxylic acids is 1. The molecule has 24 heavy (non-hydrogen) atoms. The fraction of sp³-hybridized carbons (Fsp3) is 0.316. The van der Waals surface area contributed by atoms with Gasteiger partial charge in [-0.25, -0.2) is 8.42 Å². The Hall–Kier alpha value is -2.14. The first-order valence-corrected chi connectivity index (χ1v) is 9.75. The molecule has 0 fully saturated rings. The number of anilines is 1. The van der Waals surface area contributed by atoms with Crippen LogP contribution in [0.1, 0.15) is 30.9 Å². The highest BCUT2D eigenvalue weighted by Gasteiger charge is 2.28. The molecule has 0 unspecified atom stereocenters. The second-order valence-electron chi connectivity index (χ2n) is 6.41. The number of benzene rings is 2. The number of nitrogens with zero attached hydrogens (tertiary/aromatic N) is 1. The molecule has 0 atom stereocenters. The Bertz CT molecular complexity index is 854. The molecule has 0 spiro atoms. The molecule has 0 aliphatic carbocycles. The molecule has 1 heterocycles. The van der Waals surface area contributed by atoms with Crippen molar-refractivity contribution in [2.45, 2.75) is 31.1 Å². The van der Waals surface area contributed by atoms with Gasteiger partial charge in [0.2, 0.25) is 5.91 Å². The zero-order valence-electron chi connectivity index (χ0n) is 13.9. The second kappa shape index (κ2) is 6.40. The minimum atomic E-state index is -3.63. The quantitative estimate of drug-likeness (QED) is 0.857. The summed E-state index contributed by atoms with van der Waals surface area (Å²) >= 11 is 0. The highest BCUT2D eigenvalue weighted by Crippen LogP contribution is 2.28. The molecule has 5 heteroatoms. The third-order valence-corrected chi connectivity index (χ3v) is 6.02. The van der Waals surface area contributed by atoms with Gasteiger partial charge in [-0.05, 0) is 41.7 Å². The Morgan fingerprint density at radius 2 is 1.75 bits per heavy atom. The van der Waals surface area contributed by atoms with E-state index in [1.54, 1.807) is 17.0 Å². The van der Waals surface area contributed by atoms with Gasteiger partial charge < -0.3 is 4.90 Å². The molecule has 0 aromatic heterocycles. The van der Waals surface area contributed by atoms with E-state index in [1.165, 1.54) is 0 Å². The summed E-state index contributed by atoms with van der Waals surface area (Å²) in [5.74, 6) is -0.528. The molecule has 4 nitrogen and oxygen atoms in total. The van der Waals surface area contributed by atoms with Gasteiger partial charge in [-0.3, -0.25) is 4.79 Å². The van der Waals surface area contributed by atoms with Crippen molar-refractivity contribution < 1.29 is 13.2 Å². The maximum atomic E-state index is 12.5. The molecule has 1 aliphatic heterocycles. The van der Waals surface area contributed by atoms with E-state index in [0.29, 0.717) is 12.5 Å². The summed E-state index contributed by atoms with van der Waals surface area (Å²) in [7, 11) is -3.63. The smallest absolute Gasteiger partial charge is 0.242 e. The standard InChI is InChI=1S/C19H21NO3S/c1-14(2)15-7-9-17(10-8-15)24(22,23)13-19(21)20-12-11-16-5-3-4-6-18(16)20/h3-10,14H,11-13H2,1-2H3. The SMILES string of the molecule is CC(C)c1ccc(S(=O)(=O)CC(=O)N2CCc3ccccc32)cc1. The largest absolute Gasteiger partial charge is 0.311 e. The van der Waals surface area contributed by atoms with E-state index >= 15 is 0 Å². The fourth-order valence-corrected chi connectivity index (χ4v) is 4.18. The van der Waals surface area contributed by atoms with Gasteiger partial charge in [-0.2, -0.15) is 0 Å². The van der Waals surface area contributed by atoms with Crippen LogP contribution in [0.25, 0.3) is 0 Å². The van der Waals surface area contributed by atoms with Crippen molar-refractivity contribution in [2.75, 3.05) is 17.2 Å². The van der Waals surface area contributed by atoms with Crippen molar-refractivity contribution in [3.63, 3.8) is 0 Å². The highest BCUT2D eigenvalue weighted by molar-refractivity contribution is 7.92. The number of hydrogen-bond donors (Lipinski definition) is 0. The van der Waals surface area contributed by atoms with Gasteiger partial charge in [0.05, 0.1) is 4.90 Å². The number of sulfone groups is 1. The second-order valence-corrected chi connectivity index (χ2v) is 8.40. The summed E-state index contributed by atoms with van der Waals surface area (Å²) in [5, 5.41) is 0. The lowest BCUT2D eigenvalue weighted by atomic mass is 10.0. The van der Waals surface area contributed by atoms with Gasteiger partial charge in [0, 0.05) is 12.2 Å². The van der Waals surface area contributed by atoms with Crippen LogP contribution in [0.3, 0.4) is 0 Å². The van der Waals surface area contributed by atoms with E-state index in [1.807, 2.05) is 36.4 Å². The maximum absolute atomic E-state index is 12.5. The van der Waals surface area contributed by atoms with Crippen molar-refractivity contribution in [2.24, 2.45) is 0 Å². The van der Waals surface area contributed by atoms with Gasteiger partial charge in [0.15, 0.2) is 9.84 Å². The van der Waals surface area contributed by atoms with Crippen LogP contribution in [0.5, 0.6) is 0 Å². The Labute approximate surface area is 143 Å². The summed E-state index contributed by atoms with van der Waals surface area (Å²) in [4.78, 5) is 14.3. The van der Waals surface area contributed by atoms with Crippen LogP contribution < -0.4 is 4.90 Å². The summed E-state index contributed by atoms with van der Waals surface area (Å²) in [6.45, 7) is 4.65. The molecular weight excluding hydrogens is 322 g/mol. The van der Waals surface area contributed by atoms with E-state index in [0.717, 1.165) is 23.2 Å². The molecule has 0 saturated heterocycles. The molecular formula is C19H21NO3S. The maximum Gasteiger partial charge on any atom is 0.242 e. The average Bonchev–Trinajstić information content (AvgIpc) is 2.98. The van der Waals surface area contributed by atoms with E-state index in [9.17, 15) is 13.2 Å². The predicted octanol–water partition coefficient (Wildman–Crippen LogP) is 3.17. The third kappa shape index (κ3) is 3.22. The average molecular weight is 343 g/mol. The van der Waals surface area contributed by atoms with Gasteiger partial charge in [-0.15, -0.1) is 0 Å². The van der Waals surface area contributed by atoms with Gasteiger partial charge in [-0.1, -0.05) is 44.2 Å². The van der Waals surface area contributed by atoms with Crippen LogP contribution in [0.2, 0.25) is 0 Å². The Morgan fingerprint density at radius 1 is 1.08 bits per heavy atom. The Morgan fingerprint density at radius 3 is 2.42 bits per heavy atom. The van der Waals surface area contributed by atoms with Crippen molar-refractivity contribution in [3.8, 4) is 0 Å². The summed E-state index contributed by atoms with van der Waals surface area (Å²) in [6, 6.07) is 14.4. The fourth-order valence-electron chi connectivity index (χ4n) is 2.98. The topological polar surface area (TPSA) is 54.5 Å². The number of carbonyl (C=O) groups is 1. The lowest BCUT2D eigenvalue weighted by molar-refractivity contribution is -0.116. The molecule has 3 rings (SSSR count). The molecule has 2 aromatic rings. The van der Waals surface area contributed by atoms with Crippen LogP contribution >= 0.6 is 0 Å². The Balaban J connectivity index is 1.78. The van der Waals surface area contributed by atoms with E-state index in [2.05, 4.69) is 13.8 Å². The predicted molar refractivity (Wildman–Crippen MR) is 95.1 cm³/mol. The minimum Gasteiger partial charge on any atom is -0.311 e. The van der Waals surface area contributed by atoms with Crippen LogP contribution in [-0.4, -0.2) is 26.6 Å².